The third-order valence-corrected chi connectivity index (χ3v) is 3.94. The van der Waals surface area contributed by atoms with Gasteiger partial charge >= 0.3 is 0 Å². The lowest BCUT2D eigenvalue weighted by molar-refractivity contribution is -0.115. The summed E-state index contributed by atoms with van der Waals surface area (Å²) in [6.07, 6.45) is 0.899. The van der Waals surface area contributed by atoms with Gasteiger partial charge in [-0.1, -0.05) is 30.3 Å². The molecule has 0 saturated carbocycles. The minimum Gasteiger partial charge on any atom is -0.496 e. The largest absolute Gasteiger partial charge is 0.496 e. The number of hydrogen-bond acceptors (Lipinski definition) is 4. The summed E-state index contributed by atoms with van der Waals surface area (Å²) in [6, 6.07) is 14.3. The molecule has 27 heavy (non-hydrogen) atoms. The summed E-state index contributed by atoms with van der Waals surface area (Å²) >= 11 is 0. The van der Waals surface area contributed by atoms with E-state index in [0.29, 0.717) is 36.8 Å². The molecule has 0 aliphatic heterocycles. The van der Waals surface area contributed by atoms with Crippen molar-refractivity contribution in [1.82, 2.24) is 5.32 Å². The second kappa shape index (κ2) is 11.0. The van der Waals surface area contributed by atoms with Crippen LogP contribution in [0.25, 0.3) is 0 Å². The van der Waals surface area contributed by atoms with Crippen molar-refractivity contribution in [3.8, 4) is 5.75 Å². The first kappa shape index (κ1) is 20.5. The fourth-order valence-corrected chi connectivity index (χ4v) is 2.62. The van der Waals surface area contributed by atoms with E-state index in [1.165, 1.54) is 0 Å². The van der Waals surface area contributed by atoms with Crippen molar-refractivity contribution in [2.24, 2.45) is 0 Å². The molecule has 0 atom stereocenters. The van der Waals surface area contributed by atoms with Crippen LogP contribution in [-0.2, 0) is 16.0 Å². The number of nitrogens with one attached hydrogen (secondary N) is 2. The van der Waals surface area contributed by atoms with E-state index in [-0.39, 0.29) is 18.2 Å². The zero-order valence-electron chi connectivity index (χ0n) is 15.8. The van der Waals surface area contributed by atoms with Gasteiger partial charge in [-0.3, -0.25) is 9.59 Å². The van der Waals surface area contributed by atoms with Gasteiger partial charge < -0.3 is 20.1 Å². The number of methoxy groups -OCH3 is 1. The smallest absolute Gasteiger partial charge is 0.253 e. The number of anilines is 1. The number of para-hydroxylation sites is 2. The third kappa shape index (κ3) is 6.42. The number of carbonyl (C=O) groups excluding carboxylic acids is 2. The van der Waals surface area contributed by atoms with E-state index in [1.54, 1.807) is 31.4 Å². The molecule has 0 bridgehead atoms. The van der Waals surface area contributed by atoms with Crippen LogP contribution in [0.15, 0.2) is 48.5 Å². The Morgan fingerprint density at radius 2 is 1.78 bits per heavy atom. The van der Waals surface area contributed by atoms with Crippen LogP contribution in [-0.4, -0.2) is 38.7 Å². The summed E-state index contributed by atoms with van der Waals surface area (Å²) < 4.78 is 10.5. The molecule has 0 spiro atoms. The topological polar surface area (TPSA) is 76.7 Å². The summed E-state index contributed by atoms with van der Waals surface area (Å²) in [5, 5.41) is 5.67. The van der Waals surface area contributed by atoms with Gasteiger partial charge in [0.25, 0.3) is 5.91 Å². The molecule has 0 aliphatic carbocycles. The van der Waals surface area contributed by atoms with E-state index >= 15 is 0 Å². The first-order chi connectivity index (χ1) is 13.2. The summed E-state index contributed by atoms with van der Waals surface area (Å²) in [4.78, 5) is 24.9. The minimum atomic E-state index is -0.223. The van der Waals surface area contributed by atoms with Crippen LogP contribution < -0.4 is 15.4 Å². The average Bonchev–Trinajstić information content (AvgIpc) is 2.68. The molecule has 144 valence electrons. The predicted molar refractivity (Wildman–Crippen MR) is 105 cm³/mol. The molecule has 2 rings (SSSR count). The van der Waals surface area contributed by atoms with Crippen LogP contribution in [0.1, 0.15) is 29.3 Å². The van der Waals surface area contributed by atoms with Gasteiger partial charge in [-0.2, -0.15) is 0 Å². The summed E-state index contributed by atoms with van der Waals surface area (Å²) in [5.41, 5.74) is 1.71. The summed E-state index contributed by atoms with van der Waals surface area (Å²) in [5.74, 6) is 0.226. The molecule has 0 saturated heterocycles. The van der Waals surface area contributed by atoms with E-state index in [1.807, 2.05) is 31.2 Å². The zero-order chi connectivity index (χ0) is 19.5. The van der Waals surface area contributed by atoms with Crippen molar-refractivity contribution >= 4 is 17.5 Å². The zero-order valence-corrected chi connectivity index (χ0v) is 15.8. The van der Waals surface area contributed by atoms with Crippen LogP contribution in [0.4, 0.5) is 5.69 Å². The van der Waals surface area contributed by atoms with E-state index in [4.69, 9.17) is 9.47 Å². The molecule has 0 fully saturated rings. The standard InChI is InChI=1S/C21H26N2O4/c1-3-27-14-8-13-22-21(25)17-10-5-6-11-18(17)23-20(24)15-16-9-4-7-12-19(16)26-2/h4-7,9-12H,3,8,13-15H2,1-2H3,(H,22,25)(H,23,24). The lowest BCUT2D eigenvalue weighted by atomic mass is 10.1. The highest BCUT2D eigenvalue weighted by molar-refractivity contribution is 6.04. The van der Waals surface area contributed by atoms with Crippen LogP contribution in [0.2, 0.25) is 0 Å². The maximum Gasteiger partial charge on any atom is 0.253 e. The molecular weight excluding hydrogens is 344 g/mol. The van der Waals surface area contributed by atoms with Crippen molar-refractivity contribution in [3.63, 3.8) is 0 Å². The van der Waals surface area contributed by atoms with Crippen LogP contribution in [0.3, 0.4) is 0 Å². The number of ether oxygens (including phenoxy) is 2. The first-order valence-electron chi connectivity index (χ1n) is 9.02. The van der Waals surface area contributed by atoms with Crippen LogP contribution >= 0.6 is 0 Å². The third-order valence-electron chi connectivity index (χ3n) is 3.94. The number of hydrogen-bond donors (Lipinski definition) is 2. The van der Waals surface area contributed by atoms with E-state index in [2.05, 4.69) is 10.6 Å². The molecule has 2 aromatic rings. The van der Waals surface area contributed by atoms with Gasteiger partial charge in [0, 0.05) is 25.3 Å². The Balaban J connectivity index is 1.98. The molecule has 0 heterocycles. The lowest BCUT2D eigenvalue weighted by Crippen LogP contribution is -2.27. The molecule has 2 amide bonds. The second-order valence-electron chi connectivity index (χ2n) is 5.89. The average molecular weight is 370 g/mol. The van der Waals surface area contributed by atoms with Crippen LogP contribution in [0.5, 0.6) is 5.75 Å². The van der Waals surface area contributed by atoms with Crippen molar-refractivity contribution in [3.05, 3.63) is 59.7 Å². The van der Waals surface area contributed by atoms with Gasteiger partial charge in [0.15, 0.2) is 0 Å². The van der Waals surface area contributed by atoms with E-state index < -0.39 is 0 Å². The normalized spacial score (nSPS) is 10.3. The molecule has 6 heteroatoms. The van der Waals surface area contributed by atoms with Gasteiger partial charge in [-0.25, -0.2) is 0 Å². The molecule has 6 nitrogen and oxygen atoms in total. The first-order valence-corrected chi connectivity index (χ1v) is 9.02. The number of rotatable bonds is 10. The van der Waals surface area contributed by atoms with Crippen molar-refractivity contribution in [1.29, 1.82) is 0 Å². The van der Waals surface area contributed by atoms with Crippen molar-refractivity contribution in [2.45, 2.75) is 19.8 Å². The summed E-state index contributed by atoms with van der Waals surface area (Å²) in [7, 11) is 1.57. The molecule has 0 aromatic heterocycles. The molecule has 2 aromatic carbocycles. The predicted octanol–water partition coefficient (Wildman–Crippen LogP) is 3.03. The van der Waals surface area contributed by atoms with E-state index in [9.17, 15) is 9.59 Å². The molecule has 2 N–H and O–H groups in total. The van der Waals surface area contributed by atoms with Gasteiger partial charge in [-0.15, -0.1) is 0 Å². The number of benzene rings is 2. The van der Waals surface area contributed by atoms with Gasteiger partial charge in [0.1, 0.15) is 5.75 Å². The fourth-order valence-electron chi connectivity index (χ4n) is 2.62. The quantitative estimate of drug-likeness (QED) is 0.630. The Hall–Kier alpha value is -2.86. The molecule has 0 aliphatic rings. The van der Waals surface area contributed by atoms with Gasteiger partial charge in [0.2, 0.25) is 5.91 Å². The lowest BCUT2D eigenvalue weighted by Gasteiger charge is -2.12. The Morgan fingerprint density at radius 3 is 2.56 bits per heavy atom. The Morgan fingerprint density at radius 1 is 1.04 bits per heavy atom. The van der Waals surface area contributed by atoms with Gasteiger partial charge in [0.05, 0.1) is 24.8 Å². The molecule has 0 unspecified atom stereocenters. The molecular formula is C21H26N2O4. The maximum absolute atomic E-state index is 12.4. The monoisotopic (exact) mass is 370 g/mol. The summed E-state index contributed by atoms with van der Waals surface area (Å²) in [6.45, 7) is 3.72. The van der Waals surface area contributed by atoms with Crippen LogP contribution in [0, 0.1) is 0 Å². The highest BCUT2D eigenvalue weighted by atomic mass is 16.5. The highest BCUT2D eigenvalue weighted by Crippen LogP contribution is 2.20. The number of amides is 2. The fraction of sp³-hybridized carbons (Fsp3) is 0.333. The highest BCUT2D eigenvalue weighted by Gasteiger charge is 2.14. The Kier molecular flexibility index (Phi) is 8.32. The van der Waals surface area contributed by atoms with E-state index in [0.717, 1.165) is 12.0 Å². The SMILES string of the molecule is CCOCCCNC(=O)c1ccccc1NC(=O)Cc1ccccc1OC. The second-order valence-corrected chi connectivity index (χ2v) is 5.89. The Labute approximate surface area is 159 Å². The maximum atomic E-state index is 12.4. The molecule has 0 radical (unpaired) electrons. The Bertz CT molecular complexity index is 761. The minimum absolute atomic E-state index is 0.161. The van der Waals surface area contributed by atoms with Crippen molar-refractivity contribution < 1.29 is 19.1 Å². The number of carbonyl (C=O) groups is 2. The van der Waals surface area contributed by atoms with Gasteiger partial charge in [-0.05, 0) is 31.5 Å². The van der Waals surface area contributed by atoms with Crippen molar-refractivity contribution in [2.75, 3.05) is 32.2 Å².